The summed E-state index contributed by atoms with van der Waals surface area (Å²) in [6.45, 7) is 7.98. The van der Waals surface area contributed by atoms with Crippen molar-refractivity contribution in [1.82, 2.24) is 15.5 Å². The lowest BCUT2D eigenvalue weighted by Crippen LogP contribution is -2.40. The van der Waals surface area contributed by atoms with Crippen LogP contribution in [0.1, 0.15) is 6.92 Å². The Morgan fingerprint density at radius 1 is 1.79 bits per heavy atom. The number of hydrogen-bond acceptors (Lipinski definition) is 4. The molecule has 1 heterocycles. The van der Waals surface area contributed by atoms with E-state index in [1.54, 1.807) is 6.92 Å². The summed E-state index contributed by atoms with van der Waals surface area (Å²) in [5, 5.41) is 14.9. The van der Waals surface area contributed by atoms with E-state index in [4.69, 9.17) is 0 Å². The van der Waals surface area contributed by atoms with Crippen LogP contribution >= 0.6 is 0 Å². The molecule has 1 aliphatic rings. The van der Waals surface area contributed by atoms with Crippen LogP contribution in [-0.4, -0.2) is 48.4 Å². The van der Waals surface area contributed by atoms with Gasteiger partial charge in [-0.1, -0.05) is 6.58 Å². The van der Waals surface area contributed by atoms with Crippen LogP contribution in [0.3, 0.4) is 0 Å². The number of hydrogen-bond donors (Lipinski definition) is 3. The number of aliphatic hydroxyl groups excluding tert-OH is 1. The van der Waals surface area contributed by atoms with Crippen LogP contribution in [0.15, 0.2) is 12.2 Å². The summed E-state index contributed by atoms with van der Waals surface area (Å²) < 4.78 is 0. The van der Waals surface area contributed by atoms with Gasteiger partial charge in [0.25, 0.3) is 0 Å². The molecule has 1 fully saturated rings. The monoisotopic (exact) mass is 199 g/mol. The fourth-order valence-electron chi connectivity index (χ4n) is 1.29. The molecular formula is C9H17N3O2. The summed E-state index contributed by atoms with van der Waals surface area (Å²) in [6.07, 6.45) is -0.572. The number of rotatable bonds is 4. The van der Waals surface area contributed by atoms with Crippen molar-refractivity contribution in [2.75, 3.05) is 26.2 Å². The third kappa shape index (κ3) is 3.10. The van der Waals surface area contributed by atoms with Gasteiger partial charge in [-0.05, 0) is 6.92 Å². The lowest BCUT2D eigenvalue weighted by Gasteiger charge is -2.18. The van der Waals surface area contributed by atoms with Gasteiger partial charge in [0.2, 0.25) is 5.91 Å². The molecule has 1 unspecified atom stereocenters. The molecule has 0 aromatic rings. The largest absolute Gasteiger partial charge is 0.365 e. The minimum atomic E-state index is -0.572. The van der Waals surface area contributed by atoms with Gasteiger partial charge in [-0.15, -0.1) is 0 Å². The van der Waals surface area contributed by atoms with E-state index in [0.717, 1.165) is 13.1 Å². The van der Waals surface area contributed by atoms with Crippen LogP contribution in [0.5, 0.6) is 0 Å². The molecule has 1 saturated heterocycles. The number of aliphatic hydroxyl groups is 1. The second-order valence-electron chi connectivity index (χ2n) is 3.40. The summed E-state index contributed by atoms with van der Waals surface area (Å²) in [5.41, 5.74) is 0.505. The minimum absolute atomic E-state index is 0.133. The van der Waals surface area contributed by atoms with E-state index < -0.39 is 6.35 Å². The molecule has 1 aliphatic heterocycles. The fourth-order valence-corrected chi connectivity index (χ4v) is 1.29. The van der Waals surface area contributed by atoms with Gasteiger partial charge in [-0.25, -0.2) is 0 Å². The van der Waals surface area contributed by atoms with Crippen molar-refractivity contribution >= 4 is 5.91 Å². The number of amides is 1. The van der Waals surface area contributed by atoms with E-state index in [-0.39, 0.29) is 5.91 Å². The molecule has 0 saturated carbocycles. The van der Waals surface area contributed by atoms with Gasteiger partial charge in [0.1, 0.15) is 0 Å². The molecule has 5 heteroatoms. The van der Waals surface area contributed by atoms with Gasteiger partial charge in [0, 0.05) is 31.8 Å². The zero-order valence-electron chi connectivity index (χ0n) is 8.42. The van der Waals surface area contributed by atoms with Crippen molar-refractivity contribution in [3.8, 4) is 0 Å². The maximum absolute atomic E-state index is 11.1. The Kier molecular flexibility index (Phi) is 4.06. The van der Waals surface area contributed by atoms with Gasteiger partial charge in [-0.2, -0.15) is 0 Å². The van der Waals surface area contributed by atoms with Crippen molar-refractivity contribution in [3.05, 3.63) is 12.2 Å². The van der Waals surface area contributed by atoms with E-state index in [1.165, 1.54) is 0 Å². The van der Waals surface area contributed by atoms with Crippen LogP contribution < -0.4 is 10.6 Å². The second-order valence-corrected chi connectivity index (χ2v) is 3.40. The van der Waals surface area contributed by atoms with Crippen LogP contribution in [0.2, 0.25) is 0 Å². The second kappa shape index (κ2) is 5.09. The molecule has 1 amide bonds. The third-order valence-electron chi connectivity index (χ3n) is 2.14. The molecule has 0 aliphatic carbocycles. The molecular weight excluding hydrogens is 182 g/mol. The summed E-state index contributed by atoms with van der Waals surface area (Å²) in [6, 6.07) is 0. The van der Waals surface area contributed by atoms with E-state index in [2.05, 4.69) is 17.2 Å². The average Bonchev–Trinajstić information content (AvgIpc) is 2.51. The van der Waals surface area contributed by atoms with Crippen molar-refractivity contribution in [1.29, 1.82) is 0 Å². The number of nitrogens with zero attached hydrogens (tertiary/aromatic N) is 1. The lowest BCUT2D eigenvalue weighted by molar-refractivity contribution is -0.117. The van der Waals surface area contributed by atoms with Crippen molar-refractivity contribution in [2.45, 2.75) is 13.3 Å². The lowest BCUT2D eigenvalue weighted by atomic mass is 10.3. The van der Waals surface area contributed by atoms with Crippen LogP contribution in [0, 0.1) is 0 Å². The maximum Gasteiger partial charge on any atom is 0.246 e. The molecule has 1 atom stereocenters. The normalized spacial score (nSPS) is 22.3. The molecule has 80 valence electrons. The number of carbonyl (C=O) groups excluding carboxylic acids is 1. The Bertz CT molecular complexity index is 230. The summed E-state index contributed by atoms with van der Waals surface area (Å²) in [7, 11) is 0. The quantitative estimate of drug-likeness (QED) is 0.501. The van der Waals surface area contributed by atoms with Gasteiger partial charge >= 0.3 is 0 Å². The van der Waals surface area contributed by atoms with Crippen molar-refractivity contribution in [2.24, 2.45) is 0 Å². The Morgan fingerprint density at radius 3 is 3.00 bits per heavy atom. The first-order valence-corrected chi connectivity index (χ1v) is 4.70. The number of nitrogens with one attached hydrogen (secondary N) is 2. The minimum Gasteiger partial charge on any atom is -0.365 e. The molecule has 0 radical (unpaired) electrons. The smallest absolute Gasteiger partial charge is 0.246 e. The molecule has 0 aromatic heterocycles. The summed E-state index contributed by atoms with van der Waals surface area (Å²) in [4.78, 5) is 13.0. The highest BCUT2D eigenvalue weighted by molar-refractivity contribution is 5.92. The zero-order chi connectivity index (χ0) is 10.6. The van der Waals surface area contributed by atoms with E-state index >= 15 is 0 Å². The highest BCUT2D eigenvalue weighted by Crippen LogP contribution is 1.97. The predicted octanol–water partition coefficient (Wildman–Crippen LogP) is -1.14. The Balaban J connectivity index is 2.15. The van der Waals surface area contributed by atoms with Gasteiger partial charge in [-0.3, -0.25) is 15.0 Å². The average molecular weight is 199 g/mol. The number of carbonyl (C=O) groups is 1. The van der Waals surface area contributed by atoms with E-state index in [0.29, 0.717) is 18.7 Å². The fraction of sp³-hybridized carbons (Fsp3) is 0.667. The van der Waals surface area contributed by atoms with E-state index in [1.807, 2.05) is 4.90 Å². The first kappa shape index (κ1) is 11.2. The predicted molar refractivity (Wildman–Crippen MR) is 53.4 cm³/mol. The summed E-state index contributed by atoms with van der Waals surface area (Å²) >= 11 is 0. The first-order valence-electron chi connectivity index (χ1n) is 4.70. The maximum atomic E-state index is 11.1. The standard InChI is InChI=1S/C9H17N3O2/c1-7(2)8(13)10-3-5-12-6-4-11-9(12)14/h9,11,14H,1,3-6H2,2H3,(H,10,13). The Morgan fingerprint density at radius 2 is 2.50 bits per heavy atom. The molecule has 14 heavy (non-hydrogen) atoms. The topological polar surface area (TPSA) is 64.6 Å². The zero-order valence-corrected chi connectivity index (χ0v) is 8.42. The Labute approximate surface area is 83.8 Å². The molecule has 5 nitrogen and oxygen atoms in total. The molecule has 0 aromatic carbocycles. The first-order chi connectivity index (χ1) is 6.61. The molecule has 1 rings (SSSR count). The molecule has 0 spiro atoms. The van der Waals surface area contributed by atoms with Crippen LogP contribution in [0.4, 0.5) is 0 Å². The van der Waals surface area contributed by atoms with Crippen molar-refractivity contribution in [3.63, 3.8) is 0 Å². The summed E-state index contributed by atoms with van der Waals surface area (Å²) in [5.74, 6) is -0.133. The van der Waals surface area contributed by atoms with Gasteiger partial charge in [0.15, 0.2) is 6.35 Å². The highest BCUT2D eigenvalue weighted by Gasteiger charge is 2.20. The van der Waals surface area contributed by atoms with Crippen molar-refractivity contribution < 1.29 is 9.90 Å². The SMILES string of the molecule is C=C(C)C(=O)NCCN1CCNC1O. The van der Waals surface area contributed by atoms with Gasteiger partial charge in [0.05, 0.1) is 0 Å². The Hall–Kier alpha value is -0.910. The van der Waals surface area contributed by atoms with E-state index in [9.17, 15) is 9.90 Å². The van der Waals surface area contributed by atoms with Crippen LogP contribution in [-0.2, 0) is 4.79 Å². The highest BCUT2D eigenvalue weighted by atomic mass is 16.3. The third-order valence-corrected chi connectivity index (χ3v) is 2.14. The molecule has 3 N–H and O–H groups in total. The van der Waals surface area contributed by atoms with Gasteiger partial charge < -0.3 is 10.4 Å². The van der Waals surface area contributed by atoms with Crippen LogP contribution in [0.25, 0.3) is 0 Å². The molecule has 0 bridgehead atoms.